The maximum absolute atomic E-state index is 12.8. The van der Waals surface area contributed by atoms with E-state index < -0.39 is 0 Å². The molecule has 0 aliphatic heterocycles. The molecule has 0 atom stereocenters. The van der Waals surface area contributed by atoms with Crippen molar-refractivity contribution in [2.24, 2.45) is 0 Å². The van der Waals surface area contributed by atoms with Crippen LogP contribution in [0.2, 0.25) is 0 Å². The maximum atomic E-state index is 12.8. The highest BCUT2D eigenvalue weighted by molar-refractivity contribution is 9.10. The van der Waals surface area contributed by atoms with Crippen molar-refractivity contribution < 1.29 is 0 Å². The van der Waals surface area contributed by atoms with Gasteiger partial charge in [-0.05, 0) is 42.8 Å². The van der Waals surface area contributed by atoms with E-state index in [4.69, 9.17) is 11.6 Å². The number of benzene rings is 2. The molecule has 106 valence electrons. The number of rotatable bonds is 2. The van der Waals surface area contributed by atoms with Crippen molar-refractivity contribution in [3.63, 3.8) is 0 Å². The molecule has 3 nitrogen and oxygen atoms in total. The van der Waals surface area contributed by atoms with Crippen LogP contribution in [-0.4, -0.2) is 9.55 Å². The normalized spacial score (nSPS) is 11.0. The predicted octanol–water partition coefficient (Wildman–Crippen LogP) is 4.20. The summed E-state index contributed by atoms with van der Waals surface area (Å²) in [6.07, 6.45) is 0. The smallest absolute Gasteiger partial charge is 0.266 e. The summed E-state index contributed by atoms with van der Waals surface area (Å²) in [4.78, 5) is 17.3. The molecule has 3 rings (SSSR count). The van der Waals surface area contributed by atoms with Crippen LogP contribution < -0.4 is 5.56 Å². The van der Waals surface area contributed by atoms with Crippen LogP contribution in [0, 0.1) is 6.92 Å². The summed E-state index contributed by atoms with van der Waals surface area (Å²) in [5, 5.41) is 0.587. The van der Waals surface area contributed by atoms with Gasteiger partial charge in [0.25, 0.3) is 5.56 Å². The van der Waals surface area contributed by atoms with Gasteiger partial charge < -0.3 is 0 Å². The van der Waals surface area contributed by atoms with E-state index in [2.05, 4.69) is 20.9 Å². The molecule has 0 N–H and O–H groups in total. The van der Waals surface area contributed by atoms with E-state index in [0.29, 0.717) is 16.7 Å². The fraction of sp³-hybridized carbons (Fsp3) is 0.125. The first-order valence-electron chi connectivity index (χ1n) is 6.44. The van der Waals surface area contributed by atoms with Crippen LogP contribution in [-0.2, 0) is 5.88 Å². The van der Waals surface area contributed by atoms with Crippen LogP contribution >= 0.6 is 27.5 Å². The molecule has 21 heavy (non-hydrogen) atoms. The molecule has 0 aliphatic carbocycles. The molecule has 1 aromatic heterocycles. The molecule has 0 bridgehead atoms. The number of alkyl halides is 1. The lowest BCUT2D eigenvalue weighted by molar-refractivity contribution is 0.879. The first kappa shape index (κ1) is 14.3. The number of fused-ring (bicyclic) bond motifs is 1. The molecule has 0 radical (unpaired) electrons. The average Bonchev–Trinajstić information content (AvgIpc) is 2.46. The Kier molecular flexibility index (Phi) is 3.83. The van der Waals surface area contributed by atoms with Gasteiger partial charge in [0.05, 0.1) is 22.5 Å². The van der Waals surface area contributed by atoms with Gasteiger partial charge >= 0.3 is 0 Å². The van der Waals surface area contributed by atoms with E-state index >= 15 is 0 Å². The fourth-order valence-corrected chi connectivity index (χ4v) is 3.16. The zero-order valence-electron chi connectivity index (χ0n) is 11.3. The second-order valence-corrected chi connectivity index (χ2v) is 5.99. The molecule has 2 aromatic carbocycles. The van der Waals surface area contributed by atoms with Crippen molar-refractivity contribution >= 4 is 38.4 Å². The van der Waals surface area contributed by atoms with Gasteiger partial charge in [-0.15, -0.1) is 11.6 Å². The van der Waals surface area contributed by atoms with Gasteiger partial charge in [-0.25, -0.2) is 4.98 Å². The lowest BCUT2D eigenvalue weighted by Crippen LogP contribution is -2.23. The summed E-state index contributed by atoms with van der Waals surface area (Å²) < 4.78 is 2.49. The van der Waals surface area contributed by atoms with Crippen molar-refractivity contribution in [3.05, 3.63) is 68.7 Å². The lowest BCUT2D eigenvalue weighted by atomic mass is 10.2. The van der Waals surface area contributed by atoms with Crippen molar-refractivity contribution in [1.29, 1.82) is 0 Å². The van der Waals surface area contributed by atoms with Crippen LogP contribution in [0.1, 0.15) is 11.4 Å². The summed E-state index contributed by atoms with van der Waals surface area (Å²) >= 11 is 9.46. The Bertz CT molecular complexity index is 869. The third-order valence-electron chi connectivity index (χ3n) is 3.25. The second kappa shape index (κ2) is 5.62. The molecule has 0 amide bonds. The van der Waals surface area contributed by atoms with E-state index in [0.717, 1.165) is 15.7 Å². The molecule has 0 saturated carbocycles. The standard InChI is InChI=1S/C16H12BrClN2O/c1-10-6-11(17)8-12(7-10)20-15(9-18)19-14-5-3-2-4-13(14)16(20)21/h2-8H,9H2,1H3. The van der Waals surface area contributed by atoms with Gasteiger partial charge in [0.1, 0.15) is 5.82 Å². The largest absolute Gasteiger partial charge is 0.268 e. The molecule has 0 spiro atoms. The molecule has 1 heterocycles. The quantitative estimate of drug-likeness (QED) is 0.640. The Morgan fingerprint density at radius 2 is 2.00 bits per heavy atom. The van der Waals surface area contributed by atoms with Crippen molar-refractivity contribution in [1.82, 2.24) is 9.55 Å². The summed E-state index contributed by atoms with van der Waals surface area (Å²) in [5.41, 5.74) is 2.38. The Hall–Kier alpha value is -1.65. The minimum absolute atomic E-state index is 0.103. The Balaban J connectivity index is 2.40. The third kappa shape index (κ3) is 2.61. The fourth-order valence-electron chi connectivity index (χ4n) is 2.38. The van der Waals surface area contributed by atoms with Gasteiger partial charge in [0, 0.05) is 4.47 Å². The topological polar surface area (TPSA) is 34.9 Å². The number of nitrogens with zero attached hydrogens (tertiary/aromatic N) is 2. The third-order valence-corrected chi connectivity index (χ3v) is 3.95. The highest BCUT2D eigenvalue weighted by Gasteiger charge is 2.12. The molecule has 0 unspecified atom stereocenters. The number of hydrogen-bond donors (Lipinski definition) is 0. The van der Waals surface area contributed by atoms with Crippen LogP contribution in [0.3, 0.4) is 0 Å². The van der Waals surface area contributed by atoms with Gasteiger partial charge in [-0.3, -0.25) is 9.36 Å². The molecule has 5 heteroatoms. The summed E-state index contributed by atoms with van der Waals surface area (Å²) in [6.45, 7) is 1.98. The summed E-state index contributed by atoms with van der Waals surface area (Å²) in [5.74, 6) is 0.712. The number of hydrogen-bond acceptors (Lipinski definition) is 2. The Labute approximate surface area is 135 Å². The van der Waals surface area contributed by atoms with Crippen molar-refractivity contribution in [2.45, 2.75) is 12.8 Å². The number of aromatic nitrogens is 2. The Morgan fingerprint density at radius 3 is 2.71 bits per heavy atom. The van der Waals surface area contributed by atoms with Crippen LogP contribution in [0.5, 0.6) is 0 Å². The van der Waals surface area contributed by atoms with E-state index in [1.807, 2.05) is 43.3 Å². The minimum atomic E-state index is -0.103. The summed E-state index contributed by atoms with van der Waals surface area (Å²) in [7, 11) is 0. The first-order chi connectivity index (χ1) is 10.1. The van der Waals surface area contributed by atoms with Gasteiger partial charge in [0.15, 0.2) is 0 Å². The molecular weight excluding hydrogens is 352 g/mol. The highest BCUT2D eigenvalue weighted by atomic mass is 79.9. The molecule has 3 aromatic rings. The minimum Gasteiger partial charge on any atom is -0.268 e. The molecular formula is C16H12BrClN2O. The van der Waals surface area contributed by atoms with Crippen LogP contribution in [0.4, 0.5) is 0 Å². The highest BCUT2D eigenvalue weighted by Crippen LogP contribution is 2.20. The first-order valence-corrected chi connectivity index (χ1v) is 7.77. The van der Waals surface area contributed by atoms with E-state index in [-0.39, 0.29) is 11.4 Å². The predicted molar refractivity (Wildman–Crippen MR) is 89.3 cm³/mol. The number of aryl methyl sites for hydroxylation is 1. The zero-order valence-corrected chi connectivity index (χ0v) is 13.6. The molecule has 0 saturated heterocycles. The van der Waals surface area contributed by atoms with Crippen LogP contribution in [0.25, 0.3) is 16.6 Å². The van der Waals surface area contributed by atoms with Crippen molar-refractivity contribution in [3.8, 4) is 5.69 Å². The second-order valence-electron chi connectivity index (χ2n) is 4.81. The summed E-state index contributed by atoms with van der Waals surface area (Å²) in [6, 6.07) is 13.1. The van der Waals surface area contributed by atoms with Crippen molar-refractivity contribution in [2.75, 3.05) is 0 Å². The van der Waals surface area contributed by atoms with E-state index in [1.165, 1.54) is 0 Å². The molecule has 0 fully saturated rings. The number of halogens is 2. The van der Waals surface area contributed by atoms with E-state index in [1.54, 1.807) is 10.6 Å². The van der Waals surface area contributed by atoms with Gasteiger partial charge in [-0.1, -0.05) is 28.1 Å². The number of para-hydroxylation sites is 1. The van der Waals surface area contributed by atoms with Gasteiger partial charge in [0.2, 0.25) is 0 Å². The zero-order chi connectivity index (χ0) is 15.0. The SMILES string of the molecule is Cc1cc(Br)cc(-n2c(CCl)nc3ccccc3c2=O)c1. The van der Waals surface area contributed by atoms with Gasteiger partial charge in [-0.2, -0.15) is 0 Å². The molecule has 0 aliphatic rings. The Morgan fingerprint density at radius 1 is 1.24 bits per heavy atom. The lowest BCUT2D eigenvalue weighted by Gasteiger charge is -2.13. The monoisotopic (exact) mass is 362 g/mol. The van der Waals surface area contributed by atoms with E-state index in [9.17, 15) is 4.79 Å². The van der Waals surface area contributed by atoms with Crippen LogP contribution in [0.15, 0.2) is 51.7 Å². The average molecular weight is 364 g/mol. The maximum Gasteiger partial charge on any atom is 0.266 e.